The lowest BCUT2D eigenvalue weighted by Crippen LogP contribution is -2.41. The molecule has 1 aromatic rings. The van der Waals surface area contributed by atoms with Gasteiger partial charge in [0.15, 0.2) is 0 Å². The van der Waals surface area contributed by atoms with Crippen LogP contribution in [0.3, 0.4) is 0 Å². The van der Waals surface area contributed by atoms with Crippen molar-refractivity contribution in [3.63, 3.8) is 0 Å². The van der Waals surface area contributed by atoms with Crippen LogP contribution in [-0.2, 0) is 4.79 Å². The predicted molar refractivity (Wildman–Crippen MR) is 76.6 cm³/mol. The molecule has 110 valence electrons. The number of hydrogen-bond donors (Lipinski definition) is 2. The highest BCUT2D eigenvalue weighted by Crippen LogP contribution is 2.20. The molecule has 2 rings (SSSR count). The second kappa shape index (κ2) is 7.04. The Balaban J connectivity index is 1.93. The highest BCUT2D eigenvalue weighted by atomic mass is 32.2. The molecule has 1 aromatic carbocycles. The maximum atomic E-state index is 13.6. The molecular weight excluding hydrogens is 282 g/mol. The van der Waals surface area contributed by atoms with E-state index in [1.807, 2.05) is 0 Å². The zero-order valence-corrected chi connectivity index (χ0v) is 12.1. The first-order valence-electron chi connectivity index (χ1n) is 6.62. The lowest BCUT2D eigenvalue weighted by atomic mass is 10.1. The zero-order chi connectivity index (χ0) is 14.5. The molecule has 0 saturated carbocycles. The molecule has 0 aromatic heterocycles. The van der Waals surface area contributed by atoms with E-state index in [9.17, 15) is 13.6 Å². The molecule has 1 fully saturated rings. The van der Waals surface area contributed by atoms with Crippen LogP contribution < -0.4 is 10.6 Å². The third-order valence-electron chi connectivity index (χ3n) is 3.24. The normalized spacial score (nSPS) is 20.4. The Morgan fingerprint density at radius 3 is 2.80 bits per heavy atom. The molecule has 0 bridgehead atoms. The summed E-state index contributed by atoms with van der Waals surface area (Å²) >= 11 is 1.80. The summed E-state index contributed by atoms with van der Waals surface area (Å²) in [6.45, 7) is 2.47. The third-order valence-corrected chi connectivity index (χ3v) is 4.37. The van der Waals surface area contributed by atoms with Crippen LogP contribution in [0.15, 0.2) is 18.2 Å². The number of rotatable bonds is 4. The summed E-state index contributed by atoms with van der Waals surface area (Å²) in [5.41, 5.74) is -0.0909. The summed E-state index contributed by atoms with van der Waals surface area (Å²) in [5.74, 6) is 0.471. The van der Waals surface area contributed by atoms with Crippen molar-refractivity contribution in [2.75, 3.05) is 18.1 Å². The van der Waals surface area contributed by atoms with E-state index in [4.69, 9.17) is 0 Å². The summed E-state index contributed by atoms with van der Waals surface area (Å²) < 4.78 is 27.2. The summed E-state index contributed by atoms with van der Waals surface area (Å²) in [6, 6.07) is 3.15. The van der Waals surface area contributed by atoms with Gasteiger partial charge in [0.1, 0.15) is 11.6 Å². The van der Waals surface area contributed by atoms with Crippen LogP contribution in [0, 0.1) is 11.6 Å². The van der Waals surface area contributed by atoms with Crippen molar-refractivity contribution in [3.05, 3.63) is 35.4 Å². The van der Waals surface area contributed by atoms with Crippen LogP contribution in [0.1, 0.15) is 24.9 Å². The quantitative estimate of drug-likeness (QED) is 0.896. The number of hydrogen-bond acceptors (Lipinski definition) is 3. The van der Waals surface area contributed by atoms with Gasteiger partial charge in [-0.1, -0.05) is 6.07 Å². The van der Waals surface area contributed by atoms with Crippen molar-refractivity contribution in [2.24, 2.45) is 0 Å². The number of carbonyl (C=O) groups excluding carboxylic acids is 1. The van der Waals surface area contributed by atoms with Crippen LogP contribution in [0.25, 0.3) is 0 Å². The van der Waals surface area contributed by atoms with Gasteiger partial charge in [-0.3, -0.25) is 4.79 Å². The second-order valence-corrected chi connectivity index (χ2v) is 6.00. The smallest absolute Gasteiger partial charge is 0.222 e. The van der Waals surface area contributed by atoms with Crippen molar-refractivity contribution >= 4 is 17.7 Å². The van der Waals surface area contributed by atoms with Gasteiger partial charge in [0, 0.05) is 36.1 Å². The molecule has 3 nitrogen and oxygen atoms in total. The molecule has 0 spiro atoms. The minimum atomic E-state index is -0.681. The molecule has 1 saturated heterocycles. The summed E-state index contributed by atoms with van der Waals surface area (Å²) in [4.78, 5) is 11.9. The van der Waals surface area contributed by atoms with Gasteiger partial charge in [-0.15, -0.1) is 0 Å². The van der Waals surface area contributed by atoms with E-state index in [1.165, 1.54) is 18.2 Å². The van der Waals surface area contributed by atoms with Crippen LogP contribution in [0.5, 0.6) is 0 Å². The zero-order valence-electron chi connectivity index (χ0n) is 11.3. The van der Waals surface area contributed by atoms with Crippen LogP contribution in [0.4, 0.5) is 8.78 Å². The van der Waals surface area contributed by atoms with Crippen molar-refractivity contribution in [3.8, 4) is 0 Å². The van der Waals surface area contributed by atoms with E-state index in [2.05, 4.69) is 10.6 Å². The fraction of sp³-hybridized carbons (Fsp3) is 0.500. The van der Waals surface area contributed by atoms with Gasteiger partial charge in [-0.25, -0.2) is 8.78 Å². The lowest BCUT2D eigenvalue weighted by Gasteiger charge is -2.23. The maximum absolute atomic E-state index is 13.6. The number of nitrogens with one attached hydrogen (secondary N) is 2. The third kappa shape index (κ3) is 3.93. The van der Waals surface area contributed by atoms with Crippen molar-refractivity contribution < 1.29 is 13.6 Å². The number of benzene rings is 1. The minimum absolute atomic E-state index is 0.0909. The predicted octanol–water partition coefficient (Wildman–Crippen LogP) is 2.24. The van der Waals surface area contributed by atoms with E-state index in [-0.39, 0.29) is 17.5 Å². The van der Waals surface area contributed by atoms with Crippen molar-refractivity contribution in [1.29, 1.82) is 0 Å². The monoisotopic (exact) mass is 300 g/mol. The van der Waals surface area contributed by atoms with E-state index in [0.717, 1.165) is 18.1 Å². The average molecular weight is 300 g/mol. The first-order chi connectivity index (χ1) is 9.58. The molecule has 0 radical (unpaired) electrons. The van der Waals surface area contributed by atoms with Crippen LogP contribution in [0.2, 0.25) is 0 Å². The summed E-state index contributed by atoms with van der Waals surface area (Å²) in [6.07, 6.45) is 0.327. The Morgan fingerprint density at radius 1 is 1.50 bits per heavy atom. The molecule has 2 N–H and O–H groups in total. The molecule has 0 aliphatic carbocycles. The van der Waals surface area contributed by atoms with Crippen LogP contribution in [-0.4, -0.2) is 30.0 Å². The molecule has 2 unspecified atom stereocenters. The van der Waals surface area contributed by atoms with E-state index < -0.39 is 17.7 Å². The number of thioether (sulfide) groups is 1. The van der Waals surface area contributed by atoms with Gasteiger partial charge in [-0.05, 0) is 19.1 Å². The largest absolute Gasteiger partial charge is 0.349 e. The Labute approximate surface area is 121 Å². The first-order valence-corrected chi connectivity index (χ1v) is 7.78. The first kappa shape index (κ1) is 15.3. The van der Waals surface area contributed by atoms with E-state index in [1.54, 1.807) is 18.7 Å². The second-order valence-electron chi connectivity index (χ2n) is 4.85. The molecule has 1 amide bonds. The fourth-order valence-corrected chi connectivity index (χ4v) is 3.22. The molecule has 20 heavy (non-hydrogen) atoms. The fourth-order valence-electron chi connectivity index (χ4n) is 2.27. The SMILES string of the molecule is CC(NC(=O)CC1CSCCN1)c1c(F)cccc1F. The molecule has 1 aliphatic rings. The highest BCUT2D eigenvalue weighted by Gasteiger charge is 2.21. The summed E-state index contributed by atoms with van der Waals surface area (Å²) in [5, 5.41) is 5.91. The van der Waals surface area contributed by atoms with Gasteiger partial charge >= 0.3 is 0 Å². The van der Waals surface area contributed by atoms with Gasteiger partial charge in [-0.2, -0.15) is 11.8 Å². The standard InChI is InChI=1S/C14H18F2N2OS/c1-9(14-11(15)3-2-4-12(14)16)18-13(19)7-10-8-20-6-5-17-10/h2-4,9-10,17H,5-8H2,1H3,(H,18,19). The summed E-state index contributed by atoms with van der Waals surface area (Å²) in [7, 11) is 0. The molecule has 6 heteroatoms. The van der Waals surface area contributed by atoms with E-state index >= 15 is 0 Å². The number of halogens is 2. The van der Waals surface area contributed by atoms with Crippen molar-refractivity contribution in [1.82, 2.24) is 10.6 Å². The average Bonchev–Trinajstić information content (AvgIpc) is 2.39. The molecule has 1 heterocycles. The lowest BCUT2D eigenvalue weighted by molar-refractivity contribution is -0.122. The number of amides is 1. The van der Waals surface area contributed by atoms with Gasteiger partial charge < -0.3 is 10.6 Å². The molecular formula is C14H18F2N2OS. The van der Waals surface area contributed by atoms with Gasteiger partial charge in [0.25, 0.3) is 0 Å². The molecule has 2 atom stereocenters. The number of carbonyl (C=O) groups is 1. The maximum Gasteiger partial charge on any atom is 0.222 e. The minimum Gasteiger partial charge on any atom is -0.349 e. The Hall–Kier alpha value is -1.14. The Kier molecular flexibility index (Phi) is 5.37. The topological polar surface area (TPSA) is 41.1 Å². The Morgan fingerprint density at radius 2 is 2.20 bits per heavy atom. The molecule has 1 aliphatic heterocycles. The van der Waals surface area contributed by atoms with Crippen molar-refractivity contribution in [2.45, 2.75) is 25.4 Å². The van der Waals surface area contributed by atoms with Gasteiger partial charge in [0.2, 0.25) is 5.91 Å². The van der Waals surface area contributed by atoms with E-state index in [0.29, 0.717) is 6.42 Å². The highest BCUT2D eigenvalue weighted by molar-refractivity contribution is 7.99. The van der Waals surface area contributed by atoms with Gasteiger partial charge in [0.05, 0.1) is 6.04 Å². The Bertz CT molecular complexity index is 458. The van der Waals surface area contributed by atoms with Crippen LogP contribution >= 0.6 is 11.8 Å².